The van der Waals surface area contributed by atoms with Crippen molar-refractivity contribution in [1.82, 2.24) is 0 Å². The Morgan fingerprint density at radius 2 is 1.81 bits per heavy atom. The maximum atomic E-state index is 12.7. The molecule has 0 radical (unpaired) electrons. The lowest BCUT2D eigenvalue weighted by atomic mass is 10.1. The summed E-state index contributed by atoms with van der Waals surface area (Å²) in [7, 11) is 0. The van der Waals surface area contributed by atoms with Gasteiger partial charge in [0.15, 0.2) is 6.10 Å². The second-order valence-corrected chi connectivity index (χ2v) is 7.41. The summed E-state index contributed by atoms with van der Waals surface area (Å²) in [6.45, 7) is 4.44. The van der Waals surface area contributed by atoms with Crippen molar-refractivity contribution in [3.05, 3.63) is 83.9 Å². The Morgan fingerprint density at radius 1 is 1.06 bits per heavy atom. The third-order valence-electron chi connectivity index (χ3n) is 5.07. The van der Waals surface area contributed by atoms with Crippen LogP contribution in [0.1, 0.15) is 22.8 Å². The van der Waals surface area contributed by atoms with Crippen molar-refractivity contribution in [1.29, 1.82) is 0 Å². The number of carbonyl (C=O) groups is 2. The molecule has 1 unspecified atom stereocenters. The molecule has 158 valence electrons. The van der Waals surface area contributed by atoms with Gasteiger partial charge in [-0.2, -0.15) is 0 Å². The SMILES string of the molecule is Cc1ccc(C(=O)Nc2ccc3c(c2)OC(C)C(=O)N3CCOc2ccccc2)cc1. The molecule has 3 aromatic carbocycles. The topological polar surface area (TPSA) is 67.9 Å². The summed E-state index contributed by atoms with van der Waals surface area (Å²) in [5.41, 5.74) is 2.93. The number of ether oxygens (including phenoxy) is 2. The number of amides is 2. The molecule has 31 heavy (non-hydrogen) atoms. The highest BCUT2D eigenvalue weighted by Crippen LogP contribution is 2.36. The molecule has 0 aliphatic carbocycles. The first-order valence-electron chi connectivity index (χ1n) is 10.2. The minimum Gasteiger partial charge on any atom is -0.492 e. The molecular weight excluding hydrogens is 392 g/mol. The highest BCUT2D eigenvalue weighted by molar-refractivity contribution is 6.05. The highest BCUT2D eigenvalue weighted by Gasteiger charge is 2.31. The molecule has 0 saturated heterocycles. The van der Waals surface area contributed by atoms with Crippen molar-refractivity contribution >= 4 is 23.2 Å². The van der Waals surface area contributed by atoms with E-state index >= 15 is 0 Å². The van der Waals surface area contributed by atoms with Crippen molar-refractivity contribution in [2.45, 2.75) is 20.0 Å². The molecule has 0 aromatic heterocycles. The van der Waals surface area contributed by atoms with E-state index < -0.39 is 6.10 Å². The molecule has 3 aromatic rings. The van der Waals surface area contributed by atoms with Gasteiger partial charge in [-0.15, -0.1) is 0 Å². The highest BCUT2D eigenvalue weighted by atomic mass is 16.5. The largest absolute Gasteiger partial charge is 0.492 e. The first-order valence-corrected chi connectivity index (χ1v) is 10.2. The minimum absolute atomic E-state index is 0.124. The van der Waals surface area contributed by atoms with Crippen molar-refractivity contribution in [2.24, 2.45) is 0 Å². The Hall–Kier alpha value is -3.80. The van der Waals surface area contributed by atoms with Gasteiger partial charge in [-0.1, -0.05) is 35.9 Å². The number of benzene rings is 3. The van der Waals surface area contributed by atoms with E-state index in [2.05, 4.69) is 5.32 Å². The van der Waals surface area contributed by atoms with Gasteiger partial charge in [0.2, 0.25) is 0 Å². The molecule has 0 saturated carbocycles. The van der Waals surface area contributed by atoms with Gasteiger partial charge in [-0.05, 0) is 50.2 Å². The van der Waals surface area contributed by atoms with Gasteiger partial charge in [0.1, 0.15) is 18.1 Å². The molecule has 1 N–H and O–H groups in total. The Labute approximate surface area is 181 Å². The second-order valence-electron chi connectivity index (χ2n) is 7.41. The molecular formula is C25H24N2O4. The Kier molecular flexibility index (Phi) is 5.89. The number of aryl methyl sites for hydroxylation is 1. The molecule has 2 amide bonds. The van der Waals surface area contributed by atoms with Crippen molar-refractivity contribution in [3.63, 3.8) is 0 Å². The van der Waals surface area contributed by atoms with Crippen molar-refractivity contribution < 1.29 is 19.1 Å². The molecule has 6 heteroatoms. The number of carbonyl (C=O) groups excluding carboxylic acids is 2. The first kappa shape index (κ1) is 20.5. The van der Waals surface area contributed by atoms with Crippen LogP contribution in [0.5, 0.6) is 11.5 Å². The monoisotopic (exact) mass is 416 g/mol. The van der Waals surface area contributed by atoms with Gasteiger partial charge in [0, 0.05) is 17.3 Å². The summed E-state index contributed by atoms with van der Waals surface area (Å²) >= 11 is 0. The number of rotatable bonds is 6. The van der Waals surface area contributed by atoms with Crippen LogP contribution in [0.2, 0.25) is 0 Å². The molecule has 1 aliphatic heterocycles. The zero-order valence-electron chi connectivity index (χ0n) is 17.5. The first-order chi connectivity index (χ1) is 15.0. The van der Waals surface area contributed by atoms with Crippen LogP contribution < -0.4 is 19.7 Å². The number of anilines is 2. The standard InChI is InChI=1S/C25H24N2O4/c1-17-8-10-19(11-9-17)24(28)26-20-12-13-22-23(16-20)31-18(2)25(29)27(22)14-15-30-21-6-4-3-5-7-21/h3-13,16,18H,14-15H2,1-2H3,(H,26,28). The Morgan fingerprint density at radius 3 is 2.55 bits per heavy atom. The normalized spacial score (nSPS) is 15.1. The summed E-state index contributed by atoms with van der Waals surface area (Å²) in [6.07, 6.45) is -0.618. The van der Waals surface area contributed by atoms with Gasteiger partial charge in [0.25, 0.3) is 11.8 Å². The van der Waals surface area contributed by atoms with Crippen LogP contribution in [0.3, 0.4) is 0 Å². The quantitative estimate of drug-likeness (QED) is 0.645. The smallest absolute Gasteiger partial charge is 0.267 e. The average molecular weight is 416 g/mol. The van der Waals surface area contributed by atoms with Gasteiger partial charge in [0.05, 0.1) is 12.2 Å². The van der Waals surface area contributed by atoms with E-state index in [9.17, 15) is 9.59 Å². The lowest BCUT2D eigenvalue weighted by Gasteiger charge is -2.33. The molecule has 1 heterocycles. The van der Waals surface area contributed by atoms with Crippen LogP contribution in [0.25, 0.3) is 0 Å². The zero-order valence-corrected chi connectivity index (χ0v) is 17.5. The number of fused-ring (bicyclic) bond motifs is 1. The van der Waals surface area contributed by atoms with E-state index in [0.717, 1.165) is 11.3 Å². The van der Waals surface area contributed by atoms with E-state index in [1.54, 1.807) is 42.2 Å². The predicted molar refractivity (Wildman–Crippen MR) is 120 cm³/mol. The van der Waals surface area contributed by atoms with E-state index in [-0.39, 0.29) is 11.8 Å². The molecule has 1 aliphatic rings. The van der Waals surface area contributed by atoms with Crippen molar-refractivity contribution in [2.75, 3.05) is 23.4 Å². The van der Waals surface area contributed by atoms with E-state index in [1.807, 2.05) is 49.4 Å². The van der Waals surface area contributed by atoms with Gasteiger partial charge < -0.3 is 19.7 Å². The molecule has 6 nitrogen and oxygen atoms in total. The van der Waals surface area contributed by atoms with E-state index in [0.29, 0.717) is 35.8 Å². The maximum absolute atomic E-state index is 12.7. The lowest BCUT2D eigenvalue weighted by molar-refractivity contribution is -0.125. The van der Waals surface area contributed by atoms with Gasteiger partial charge in [-0.3, -0.25) is 9.59 Å². The van der Waals surface area contributed by atoms with Crippen LogP contribution >= 0.6 is 0 Å². The van der Waals surface area contributed by atoms with Crippen molar-refractivity contribution in [3.8, 4) is 11.5 Å². The number of para-hydroxylation sites is 1. The summed E-state index contributed by atoms with van der Waals surface area (Å²) in [6, 6.07) is 22.1. The van der Waals surface area contributed by atoms with Crippen LogP contribution in [0.15, 0.2) is 72.8 Å². The van der Waals surface area contributed by atoms with Gasteiger partial charge in [-0.25, -0.2) is 0 Å². The number of hydrogen-bond donors (Lipinski definition) is 1. The zero-order chi connectivity index (χ0) is 21.8. The molecule has 1 atom stereocenters. The summed E-state index contributed by atoms with van der Waals surface area (Å²) in [5, 5.41) is 2.89. The van der Waals surface area contributed by atoms with Crippen LogP contribution in [-0.2, 0) is 4.79 Å². The summed E-state index contributed by atoms with van der Waals surface area (Å²) < 4.78 is 11.5. The van der Waals surface area contributed by atoms with E-state index in [4.69, 9.17) is 9.47 Å². The molecule has 4 rings (SSSR count). The fourth-order valence-electron chi connectivity index (χ4n) is 3.40. The third kappa shape index (κ3) is 4.69. The summed E-state index contributed by atoms with van der Waals surface area (Å²) in [4.78, 5) is 26.9. The van der Waals surface area contributed by atoms with Crippen LogP contribution in [0.4, 0.5) is 11.4 Å². The predicted octanol–water partition coefficient (Wildman–Crippen LogP) is 4.44. The Bertz CT molecular complexity index is 1080. The molecule has 0 fully saturated rings. The van der Waals surface area contributed by atoms with E-state index in [1.165, 1.54) is 0 Å². The Balaban J connectivity index is 1.48. The minimum atomic E-state index is -0.618. The average Bonchev–Trinajstić information content (AvgIpc) is 2.77. The maximum Gasteiger partial charge on any atom is 0.267 e. The fraction of sp³-hybridized carbons (Fsp3) is 0.200. The summed E-state index contributed by atoms with van der Waals surface area (Å²) in [5.74, 6) is 0.979. The van der Waals surface area contributed by atoms with Gasteiger partial charge >= 0.3 is 0 Å². The lowest BCUT2D eigenvalue weighted by Crippen LogP contribution is -2.46. The number of nitrogens with one attached hydrogen (secondary N) is 1. The fourth-order valence-corrected chi connectivity index (χ4v) is 3.40. The molecule has 0 bridgehead atoms. The number of hydrogen-bond acceptors (Lipinski definition) is 4. The van der Waals surface area contributed by atoms with Crippen LogP contribution in [0, 0.1) is 6.92 Å². The third-order valence-corrected chi connectivity index (χ3v) is 5.07. The molecule has 0 spiro atoms. The van der Waals surface area contributed by atoms with Crippen LogP contribution in [-0.4, -0.2) is 31.1 Å². The second kappa shape index (κ2) is 8.92. The number of nitrogens with zero attached hydrogens (tertiary/aromatic N) is 1.